The number of benzene rings is 2. The van der Waals surface area contributed by atoms with Crippen molar-refractivity contribution in [1.29, 1.82) is 0 Å². The number of nitrogens with zero attached hydrogens (tertiary/aromatic N) is 4. The number of hydrogen-bond donors (Lipinski definition) is 3. The van der Waals surface area contributed by atoms with E-state index < -0.39 is 23.8 Å². The van der Waals surface area contributed by atoms with Crippen molar-refractivity contribution in [3.8, 4) is 35.4 Å². The summed E-state index contributed by atoms with van der Waals surface area (Å²) in [6.07, 6.45) is 5.33. The summed E-state index contributed by atoms with van der Waals surface area (Å²) in [6, 6.07) is 5.17. The van der Waals surface area contributed by atoms with Gasteiger partial charge in [-0.1, -0.05) is 12.0 Å². The highest BCUT2D eigenvalue weighted by atomic mass is 19.1. The van der Waals surface area contributed by atoms with Crippen LogP contribution in [-0.4, -0.2) is 62.7 Å². The van der Waals surface area contributed by atoms with Gasteiger partial charge in [0.1, 0.15) is 28.6 Å². The summed E-state index contributed by atoms with van der Waals surface area (Å²) < 4.78 is 35.7. The number of halogens is 2. The lowest BCUT2D eigenvalue weighted by molar-refractivity contribution is 0.00790. The summed E-state index contributed by atoms with van der Waals surface area (Å²) in [5.74, 6) is 0.900. The number of anilines is 1. The average molecular weight is 478 g/mol. The number of piperidine rings is 1. The third kappa shape index (κ3) is 3.75. The number of β-amino-alcohol motifs (C(OH)–C–C–N with tert-alkyl or cyclic N) is 1. The highest BCUT2D eigenvalue weighted by Crippen LogP contribution is 2.38. The maximum Gasteiger partial charge on any atom is 0.318 e. The van der Waals surface area contributed by atoms with Gasteiger partial charge in [0, 0.05) is 30.2 Å². The molecule has 3 N–H and O–H groups in total. The molecule has 178 valence electrons. The standard InChI is InChI=1S/C25H20F2N4O4/c1-3-14-17(26)5-4-12-8-13(32)9-15(20(12)14)22-21(27)23-16(10-28-22)24(30-25(29-23)35-2)31-7-6-18(33)19(34)11-31/h1,4-5,8-10,18-19,32-34H,6-7,11H2,2H3. The van der Waals surface area contributed by atoms with Crippen molar-refractivity contribution in [2.24, 2.45) is 0 Å². The number of phenolic OH excluding ortho intramolecular Hbond substituents is 1. The third-order valence-electron chi connectivity index (χ3n) is 6.12. The van der Waals surface area contributed by atoms with Crippen LogP contribution >= 0.6 is 0 Å². The van der Waals surface area contributed by atoms with E-state index in [0.717, 1.165) is 0 Å². The first-order valence-corrected chi connectivity index (χ1v) is 10.8. The van der Waals surface area contributed by atoms with Gasteiger partial charge in [0.2, 0.25) is 0 Å². The minimum absolute atomic E-state index is 0.0712. The normalized spacial score (nSPS) is 18.1. The Morgan fingerprint density at radius 3 is 2.69 bits per heavy atom. The molecule has 0 spiro atoms. The molecule has 0 amide bonds. The number of aromatic nitrogens is 3. The second-order valence-electron chi connectivity index (χ2n) is 8.24. The number of ether oxygens (including phenoxy) is 1. The molecule has 0 bridgehead atoms. The number of aliphatic hydroxyl groups excluding tert-OH is 2. The lowest BCUT2D eigenvalue weighted by Crippen LogP contribution is -2.47. The van der Waals surface area contributed by atoms with Gasteiger partial charge >= 0.3 is 6.01 Å². The number of phenols is 1. The molecule has 1 aliphatic rings. The maximum atomic E-state index is 16.0. The molecule has 5 rings (SSSR count). The summed E-state index contributed by atoms with van der Waals surface area (Å²) in [4.78, 5) is 14.5. The Kier molecular flexibility index (Phi) is 5.59. The van der Waals surface area contributed by atoms with Gasteiger partial charge in [-0.3, -0.25) is 4.98 Å². The average Bonchev–Trinajstić information content (AvgIpc) is 2.85. The second kappa shape index (κ2) is 8.61. The molecule has 3 heterocycles. The second-order valence-corrected chi connectivity index (χ2v) is 8.24. The predicted molar refractivity (Wildman–Crippen MR) is 125 cm³/mol. The fourth-order valence-corrected chi connectivity index (χ4v) is 4.41. The number of fused-ring (bicyclic) bond motifs is 2. The van der Waals surface area contributed by atoms with E-state index in [1.165, 1.54) is 37.6 Å². The smallest absolute Gasteiger partial charge is 0.318 e. The predicted octanol–water partition coefficient (Wildman–Crippen LogP) is 2.75. The molecule has 2 aromatic heterocycles. The monoisotopic (exact) mass is 478 g/mol. The maximum absolute atomic E-state index is 16.0. The highest BCUT2D eigenvalue weighted by Gasteiger charge is 2.29. The van der Waals surface area contributed by atoms with Crippen LogP contribution in [0, 0.1) is 24.0 Å². The molecule has 10 heteroatoms. The number of pyridine rings is 1. The van der Waals surface area contributed by atoms with Crippen LogP contribution < -0.4 is 9.64 Å². The topological polar surface area (TPSA) is 112 Å². The van der Waals surface area contributed by atoms with Crippen molar-refractivity contribution >= 4 is 27.5 Å². The molecule has 2 unspecified atom stereocenters. The van der Waals surface area contributed by atoms with E-state index in [1.54, 1.807) is 4.90 Å². The minimum Gasteiger partial charge on any atom is -0.508 e. The molecule has 2 atom stereocenters. The molecule has 0 radical (unpaired) electrons. The van der Waals surface area contributed by atoms with Crippen LogP contribution in [0.15, 0.2) is 30.5 Å². The Bertz CT molecular complexity index is 1520. The summed E-state index contributed by atoms with van der Waals surface area (Å²) in [7, 11) is 1.34. The van der Waals surface area contributed by atoms with E-state index in [2.05, 4.69) is 20.9 Å². The van der Waals surface area contributed by atoms with Crippen molar-refractivity contribution in [3.05, 3.63) is 47.7 Å². The summed E-state index contributed by atoms with van der Waals surface area (Å²) >= 11 is 0. The Labute approximate surface area is 198 Å². The van der Waals surface area contributed by atoms with Gasteiger partial charge in [-0.15, -0.1) is 6.42 Å². The molecule has 35 heavy (non-hydrogen) atoms. The zero-order valence-electron chi connectivity index (χ0n) is 18.5. The molecule has 1 aliphatic heterocycles. The van der Waals surface area contributed by atoms with E-state index in [4.69, 9.17) is 11.2 Å². The van der Waals surface area contributed by atoms with Gasteiger partial charge in [0.15, 0.2) is 5.82 Å². The molecule has 0 saturated carbocycles. The molecule has 2 aromatic carbocycles. The minimum atomic E-state index is -1.01. The fraction of sp³-hybridized carbons (Fsp3) is 0.240. The Morgan fingerprint density at radius 1 is 1.17 bits per heavy atom. The van der Waals surface area contributed by atoms with E-state index in [0.29, 0.717) is 18.4 Å². The molecule has 0 aliphatic carbocycles. The zero-order valence-corrected chi connectivity index (χ0v) is 18.5. The molecule has 4 aromatic rings. The van der Waals surface area contributed by atoms with E-state index in [9.17, 15) is 19.7 Å². The Morgan fingerprint density at radius 2 is 1.97 bits per heavy atom. The molecule has 1 fully saturated rings. The van der Waals surface area contributed by atoms with Gasteiger partial charge in [0.25, 0.3) is 0 Å². The van der Waals surface area contributed by atoms with Gasteiger partial charge < -0.3 is 25.0 Å². The molecule has 1 saturated heterocycles. The summed E-state index contributed by atoms with van der Waals surface area (Å²) in [5, 5.41) is 31.1. The van der Waals surface area contributed by atoms with Crippen LogP contribution in [0.3, 0.4) is 0 Å². The van der Waals surface area contributed by atoms with Crippen molar-refractivity contribution in [2.75, 3.05) is 25.1 Å². The quantitative estimate of drug-likeness (QED) is 0.386. The molecule has 8 nitrogen and oxygen atoms in total. The van der Waals surface area contributed by atoms with E-state index in [1.807, 2.05) is 0 Å². The van der Waals surface area contributed by atoms with Crippen LogP contribution in [0.25, 0.3) is 32.9 Å². The largest absolute Gasteiger partial charge is 0.508 e. The Balaban J connectivity index is 1.77. The van der Waals surface area contributed by atoms with Crippen LogP contribution in [0.4, 0.5) is 14.6 Å². The van der Waals surface area contributed by atoms with E-state index in [-0.39, 0.29) is 57.2 Å². The van der Waals surface area contributed by atoms with E-state index >= 15 is 4.39 Å². The first-order chi connectivity index (χ1) is 16.8. The first-order valence-electron chi connectivity index (χ1n) is 10.8. The lowest BCUT2D eigenvalue weighted by Gasteiger charge is -2.34. The highest BCUT2D eigenvalue weighted by molar-refractivity contribution is 6.03. The number of methoxy groups -OCH3 is 1. The molecular weight excluding hydrogens is 458 g/mol. The number of hydrogen-bond acceptors (Lipinski definition) is 8. The number of aliphatic hydroxyl groups is 2. The van der Waals surface area contributed by atoms with Crippen molar-refractivity contribution in [2.45, 2.75) is 18.6 Å². The van der Waals surface area contributed by atoms with Crippen LogP contribution in [0.1, 0.15) is 12.0 Å². The zero-order chi connectivity index (χ0) is 24.9. The van der Waals surface area contributed by atoms with Gasteiger partial charge in [-0.05, 0) is 30.0 Å². The number of terminal acetylenes is 1. The summed E-state index contributed by atoms with van der Waals surface area (Å²) in [6.45, 7) is 0.431. The van der Waals surface area contributed by atoms with Crippen molar-refractivity contribution in [3.63, 3.8) is 0 Å². The number of aromatic hydroxyl groups is 1. The SMILES string of the molecule is C#Cc1c(F)ccc2cc(O)cc(-c3ncc4c(N5CCC(O)C(O)C5)nc(OC)nc4c3F)c12. The van der Waals surface area contributed by atoms with Crippen LogP contribution in [-0.2, 0) is 0 Å². The first kappa shape index (κ1) is 22.7. The summed E-state index contributed by atoms with van der Waals surface area (Å²) in [5.41, 5.74) is -0.294. The fourth-order valence-electron chi connectivity index (χ4n) is 4.41. The Hall–Kier alpha value is -4.07. The third-order valence-corrected chi connectivity index (χ3v) is 6.12. The van der Waals surface area contributed by atoms with Gasteiger partial charge in [-0.2, -0.15) is 9.97 Å². The lowest BCUT2D eigenvalue weighted by atomic mass is 9.95. The number of rotatable bonds is 3. The van der Waals surface area contributed by atoms with Crippen molar-refractivity contribution < 1.29 is 28.8 Å². The van der Waals surface area contributed by atoms with Crippen LogP contribution in [0.2, 0.25) is 0 Å². The van der Waals surface area contributed by atoms with Crippen LogP contribution in [0.5, 0.6) is 11.8 Å². The molecular formula is C25H20F2N4O4. The van der Waals surface area contributed by atoms with Crippen molar-refractivity contribution in [1.82, 2.24) is 15.0 Å². The van der Waals surface area contributed by atoms with Gasteiger partial charge in [0.05, 0.1) is 30.3 Å². The van der Waals surface area contributed by atoms with Gasteiger partial charge in [-0.25, -0.2) is 8.78 Å².